The van der Waals surface area contributed by atoms with Crippen LogP contribution in [0.3, 0.4) is 0 Å². The minimum Gasteiger partial charge on any atom is -0.497 e. The molecular formula is C29H34ClF3N4O4S. The zero-order valence-electron chi connectivity index (χ0n) is 24.3. The van der Waals surface area contributed by atoms with Crippen LogP contribution in [0.2, 0.25) is 5.02 Å². The summed E-state index contributed by atoms with van der Waals surface area (Å²) in [6, 6.07) is 8.94. The predicted molar refractivity (Wildman–Crippen MR) is 157 cm³/mol. The molecule has 13 heteroatoms. The van der Waals surface area contributed by atoms with Crippen molar-refractivity contribution in [3.63, 3.8) is 0 Å². The van der Waals surface area contributed by atoms with E-state index in [9.17, 15) is 12.8 Å². The number of halogens is 4. The van der Waals surface area contributed by atoms with Gasteiger partial charge in [0.2, 0.25) is 5.95 Å². The largest absolute Gasteiger partial charge is 0.497 e. The van der Waals surface area contributed by atoms with E-state index in [0.29, 0.717) is 22.2 Å². The van der Waals surface area contributed by atoms with E-state index in [2.05, 4.69) is 11.9 Å². The highest BCUT2D eigenvalue weighted by Crippen LogP contribution is 2.43. The summed E-state index contributed by atoms with van der Waals surface area (Å²) in [5.74, 6) is -3.46. The lowest BCUT2D eigenvalue weighted by molar-refractivity contribution is 0.238. The van der Waals surface area contributed by atoms with Crippen LogP contribution in [0.1, 0.15) is 25.8 Å². The predicted octanol–water partition coefficient (Wildman–Crippen LogP) is 5.73. The second-order valence-electron chi connectivity index (χ2n) is 11.1. The van der Waals surface area contributed by atoms with E-state index in [0.717, 1.165) is 25.1 Å². The molecule has 4 rings (SSSR count). The summed E-state index contributed by atoms with van der Waals surface area (Å²) in [6.07, 6.45) is 0.744. The van der Waals surface area contributed by atoms with E-state index in [1.165, 1.54) is 38.5 Å². The van der Waals surface area contributed by atoms with E-state index < -0.39 is 44.1 Å². The molecule has 0 spiro atoms. The fourth-order valence-electron chi connectivity index (χ4n) is 5.74. The first kappa shape index (κ1) is 31.7. The van der Waals surface area contributed by atoms with Crippen LogP contribution >= 0.6 is 11.6 Å². The molecule has 1 aliphatic heterocycles. The number of aromatic nitrogens is 1. The Balaban J connectivity index is 1.82. The van der Waals surface area contributed by atoms with Crippen molar-refractivity contribution in [1.29, 1.82) is 0 Å². The van der Waals surface area contributed by atoms with Gasteiger partial charge in [-0.2, -0.15) is 4.39 Å². The monoisotopic (exact) mass is 626 g/mol. The van der Waals surface area contributed by atoms with E-state index >= 15 is 8.78 Å². The number of rotatable bonds is 10. The SMILES string of the molecule is COc1ccc(CN(c2cccc(F)n2)S(=O)(=O)c2c(F)cc(N3CC(C)(CN(C)C)CC3C)c(Cl)c2F)c(OC)c1. The summed E-state index contributed by atoms with van der Waals surface area (Å²) >= 11 is 6.45. The molecule has 1 aromatic heterocycles. The highest BCUT2D eigenvalue weighted by molar-refractivity contribution is 7.92. The van der Waals surface area contributed by atoms with Crippen LogP contribution in [-0.2, 0) is 16.6 Å². The molecule has 0 bridgehead atoms. The Labute approximate surface area is 249 Å². The average Bonchev–Trinajstić information content (AvgIpc) is 3.21. The van der Waals surface area contributed by atoms with Gasteiger partial charge in [-0.3, -0.25) is 0 Å². The normalized spacial score (nSPS) is 18.9. The molecule has 42 heavy (non-hydrogen) atoms. The second kappa shape index (κ2) is 12.2. The maximum absolute atomic E-state index is 16.0. The maximum Gasteiger partial charge on any atom is 0.271 e. The molecule has 2 atom stereocenters. The van der Waals surface area contributed by atoms with Crippen molar-refractivity contribution < 1.29 is 31.1 Å². The van der Waals surface area contributed by atoms with Crippen LogP contribution in [-0.4, -0.2) is 65.7 Å². The van der Waals surface area contributed by atoms with Crippen molar-refractivity contribution in [2.45, 2.75) is 37.8 Å². The van der Waals surface area contributed by atoms with Crippen molar-refractivity contribution >= 4 is 33.1 Å². The van der Waals surface area contributed by atoms with Gasteiger partial charge in [-0.1, -0.05) is 24.6 Å². The van der Waals surface area contributed by atoms with Gasteiger partial charge < -0.3 is 19.3 Å². The summed E-state index contributed by atoms with van der Waals surface area (Å²) in [7, 11) is 1.70. The Kier molecular flexibility index (Phi) is 9.19. The third-order valence-corrected chi connectivity index (χ3v) is 9.44. The van der Waals surface area contributed by atoms with Gasteiger partial charge in [-0.25, -0.2) is 26.5 Å². The number of sulfonamides is 1. The van der Waals surface area contributed by atoms with Crippen LogP contribution in [0.25, 0.3) is 0 Å². The molecule has 0 N–H and O–H groups in total. The molecule has 1 saturated heterocycles. The van der Waals surface area contributed by atoms with Crippen molar-refractivity contribution in [1.82, 2.24) is 9.88 Å². The fraction of sp³-hybridized carbons (Fsp3) is 0.414. The van der Waals surface area contributed by atoms with Gasteiger partial charge in [0.05, 0.1) is 26.5 Å². The molecule has 2 unspecified atom stereocenters. The van der Waals surface area contributed by atoms with E-state index in [4.69, 9.17) is 21.1 Å². The summed E-state index contributed by atoms with van der Waals surface area (Å²) in [5.41, 5.74) is 0.191. The number of anilines is 2. The Morgan fingerprint density at radius 2 is 1.83 bits per heavy atom. The van der Waals surface area contributed by atoms with Gasteiger partial charge in [-0.15, -0.1) is 0 Å². The zero-order chi connectivity index (χ0) is 31.0. The van der Waals surface area contributed by atoms with Crippen molar-refractivity contribution in [2.24, 2.45) is 5.41 Å². The van der Waals surface area contributed by atoms with Crippen LogP contribution in [0.4, 0.5) is 24.7 Å². The molecule has 0 saturated carbocycles. The smallest absolute Gasteiger partial charge is 0.271 e. The highest BCUT2D eigenvalue weighted by Gasteiger charge is 2.42. The van der Waals surface area contributed by atoms with Crippen LogP contribution in [0.5, 0.6) is 11.5 Å². The van der Waals surface area contributed by atoms with Crippen LogP contribution < -0.4 is 18.7 Å². The highest BCUT2D eigenvalue weighted by atomic mass is 35.5. The minimum atomic E-state index is -5.03. The average molecular weight is 627 g/mol. The van der Waals surface area contributed by atoms with Crippen molar-refractivity contribution in [2.75, 3.05) is 50.6 Å². The van der Waals surface area contributed by atoms with Crippen LogP contribution in [0.15, 0.2) is 47.4 Å². The maximum atomic E-state index is 16.0. The zero-order valence-corrected chi connectivity index (χ0v) is 25.9. The number of hydrogen-bond donors (Lipinski definition) is 0. The number of nitrogens with zero attached hydrogens (tertiary/aromatic N) is 4. The Hall–Kier alpha value is -3.22. The van der Waals surface area contributed by atoms with Gasteiger partial charge in [0.25, 0.3) is 10.0 Å². The van der Waals surface area contributed by atoms with E-state index in [1.54, 1.807) is 11.0 Å². The lowest BCUT2D eigenvalue weighted by Crippen LogP contribution is -2.35. The molecule has 0 aliphatic carbocycles. The van der Waals surface area contributed by atoms with Gasteiger partial charge in [0, 0.05) is 36.8 Å². The van der Waals surface area contributed by atoms with E-state index in [-0.39, 0.29) is 28.7 Å². The molecule has 2 heterocycles. The number of methoxy groups -OCH3 is 2. The molecule has 1 fully saturated rings. The summed E-state index contributed by atoms with van der Waals surface area (Å²) in [5, 5.41) is -0.523. The molecular weight excluding hydrogens is 593 g/mol. The lowest BCUT2D eigenvalue weighted by atomic mass is 9.88. The molecule has 0 amide bonds. The lowest BCUT2D eigenvalue weighted by Gasteiger charge is -2.30. The molecule has 8 nitrogen and oxygen atoms in total. The standard InChI is InChI=1S/C29H34ClF3N4O4S/c1-18-14-29(2,16-35(3)4)17-36(18)22-13-21(31)28(27(33)26(22)30)42(38,39)37(25-9-7-8-24(32)34-25)15-19-10-11-20(40-5)12-23(19)41-6/h7-13,18H,14-17H2,1-6H3. The first-order valence-corrected chi connectivity index (χ1v) is 15.0. The Morgan fingerprint density at radius 3 is 2.45 bits per heavy atom. The Bertz CT molecular complexity index is 1580. The number of ether oxygens (including phenoxy) is 2. The van der Waals surface area contributed by atoms with Crippen molar-refractivity contribution in [3.8, 4) is 11.5 Å². The minimum absolute atomic E-state index is 0.0628. The third kappa shape index (κ3) is 6.25. The van der Waals surface area contributed by atoms with Crippen LogP contribution in [0, 0.1) is 23.0 Å². The molecule has 1 aliphatic rings. The summed E-state index contributed by atoms with van der Waals surface area (Å²) < 4.78 is 85.2. The number of benzene rings is 2. The van der Waals surface area contributed by atoms with Gasteiger partial charge in [0.1, 0.15) is 28.2 Å². The fourth-order valence-corrected chi connectivity index (χ4v) is 7.56. The van der Waals surface area contributed by atoms with Gasteiger partial charge in [0.15, 0.2) is 10.7 Å². The number of hydrogen-bond acceptors (Lipinski definition) is 7. The quantitative estimate of drug-likeness (QED) is 0.210. The topological polar surface area (TPSA) is 75.2 Å². The summed E-state index contributed by atoms with van der Waals surface area (Å²) in [4.78, 5) is 6.26. The van der Waals surface area contributed by atoms with Crippen molar-refractivity contribution in [3.05, 3.63) is 70.6 Å². The molecule has 3 aromatic rings. The first-order valence-electron chi connectivity index (χ1n) is 13.2. The van der Waals surface area contributed by atoms with E-state index in [1.807, 2.05) is 25.9 Å². The molecule has 228 valence electrons. The summed E-state index contributed by atoms with van der Waals surface area (Å²) in [6.45, 7) is 4.73. The first-order chi connectivity index (χ1) is 19.7. The third-order valence-electron chi connectivity index (χ3n) is 7.29. The van der Waals surface area contributed by atoms with Gasteiger partial charge in [-0.05, 0) is 57.1 Å². The second-order valence-corrected chi connectivity index (χ2v) is 13.2. The molecule has 2 aromatic carbocycles. The molecule has 0 radical (unpaired) electrons. The Morgan fingerprint density at radius 1 is 1.12 bits per heavy atom. The number of pyridine rings is 1. The van der Waals surface area contributed by atoms with Gasteiger partial charge >= 0.3 is 0 Å².